The van der Waals surface area contributed by atoms with Gasteiger partial charge in [0.05, 0.1) is 5.56 Å². The number of nitrogens with one attached hydrogen (secondary N) is 1. The lowest BCUT2D eigenvalue weighted by molar-refractivity contribution is -0.150. The van der Waals surface area contributed by atoms with Crippen molar-refractivity contribution in [2.45, 2.75) is 12.6 Å². The predicted octanol–water partition coefficient (Wildman–Crippen LogP) is 2.06. The number of hydrogen-bond acceptors (Lipinski definition) is 2. The maximum atomic E-state index is 13.4. The Labute approximate surface area is 106 Å². The van der Waals surface area contributed by atoms with Gasteiger partial charge in [0.25, 0.3) is 0 Å². The molecule has 1 amide bonds. The Morgan fingerprint density at radius 1 is 1.37 bits per heavy atom. The molecule has 0 heterocycles. The highest BCUT2D eigenvalue weighted by molar-refractivity contribution is 5.91. The molecule has 0 spiro atoms. The summed E-state index contributed by atoms with van der Waals surface area (Å²) in [5.41, 5.74) is -0.121. The van der Waals surface area contributed by atoms with Gasteiger partial charge in [0, 0.05) is 5.69 Å². The number of halogens is 4. The topological polar surface area (TPSA) is 49.3 Å². The van der Waals surface area contributed by atoms with Gasteiger partial charge in [-0.2, -0.15) is 13.2 Å². The van der Waals surface area contributed by atoms with Gasteiger partial charge in [0.15, 0.2) is 0 Å². The Balaban J connectivity index is 2.76. The summed E-state index contributed by atoms with van der Waals surface area (Å²) in [5.74, 6) is 2.46. The average Bonchev–Trinajstić information content (AvgIpc) is 2.25. The van der Waals surface area contributed by atoms with Crippen molar-refractivity contribution in [2.75, 3.05) is 11.9 Å². The largest absolute Gasteiger partial charge is 0.397 e. The second-order valence-corrected chi connectivity index (χ2v) is 3.49. The summed E-state index contributed by atoms with van der Waals surface area (Å²) in [6.45, 7) is -0.441. The highest BCUT2D eigenvalue weighted by atomic mass is 19.4. The van der Waals surface area contributed by atoms with E-state index in [1.807, 2.05) is 5.32 Å². The molecular weight excluding hydrogens is 266 g/mol. The molecule has 0 radical (unpaired) electrons. The first-order valence-electron chi connectivity index (χ1n) is 5.07. The standard InChI is InChI=1S/C12H9F4NO2/c13-10-6-9(4-3-8(10)2-1-5-18)17-11(19)7-12(14,15)16/h3-4,6,18H,5,7H2,(H,17,19). The van der Waals surface area contributed by atoms with Crippen molar-refractivity contribution in [2.24, 2.45) is 0 Å². The lowest BCUT2D eigenvalue weighted by Gasteiger charge is -2.08. The molecule has 0 fully saturated rings. The predicted molar refractivity (Wildman–Crippen MR) is 59.7 cm³/mol. The quantitative estimate of drug-likeness (QED) is 0.641. The number of aliphatic hydroxyl groups excluding tert-OH is 1. The Kier molecular flexibility index (Phi) is 4.89. The number of carbonyl (C=O) groups excluding carboxylic acids is 1. The summed E-state index contributed by atoms with van der Waals surface area (Å²) in [5, 5.41) is 10.4. The first-order chi connectivity index (χ1) is 8.81. The van der Waals surface area contributed by atoms with Crippen LogP contribution in [0.1, 0.15) is 12.0 Å². The van der Waals surface area contributed by atoms with Crippen molar-refractivity contribution >= 4 is 11.6 Å². The smallest absolute Gasteiger partial charge is 0.384 e. The minimum Gasteiger partial charge on any atom is -0.384 e. The molecule has 1 aromatic carbocycles. The van der Waals surface area contributed by atoms with Crippen LogP contribution in [0, 0.1) is 17.7 Å². The van der Waals surface area contributed by atoms with E-state index in [9.17, 15) is 22.4 Å². The molecule has 3 nitrogen and oxygen atoms in total. The number of hydrogen-bond donors (Lipinski definition) is 2. The highest BCUT2D eigenvalue weighted by Gasteiger charge is 2.31. The Morgan fingerprint density at radius 3 is 2.58 bits per heavy atom. The summed E-state index contributed by atoms with van der Waals surface area (Å²) in [6, 6.07) is 3.27. The maximum absolute atomic E-state index is 13.4. The molecule has 0 aliphatic carbocycles. The molecule has 102 valence electrons. The van der Waals surface area contributed by atoms with Crippen LogP contribution in [0.15, 0.2) is 18.2 Å². The lowest BCUT2D eigenvalue weighted by atomic mass is 10.2. The van der Waals surface area contributed by atoms with Crippen LogP contribution in [0.2, 0.25) is 0 Å². The van der Waals surface area contributed by atoms with Gasteiger partial charge in [0.2, 0.25) is 5.91 Å². The van der Waals surface area contributed by atoms with Crippen molar-refractivity contribution in [1.82, 2.24) is 0 Å². The monoisotopic (exact) mass is 275 g/mol. The van der Waals surface area contributed by atoms with Crippen molar-refractivity contribution in [3.63, 3.8) is 0 Å². The van der Waals surface area contributed by atoms with Gasteiger partial charge in [-0.15, -0.1) is 0 Å². The van der Waals surface area contributed by atoms with Gasteiger partial charge in [-0.05, 0) is 18.2 Å². The molecule has 0 atom stereocenters. The zero-order valence-electron chi connectivity index (χ0n) is 9.51. The van der Waals surface area contributed by atoms with E-state index in [1.54, 1.807) is 0 Å². The molecule has 19 heavy (non-hydrogen) atoms. The normalized spacial score (nSPS) is 10.6. The van der Waals surface area contributed by atoms with E-state index >= 15 is 0 Å². The summed E-state index contributed by atoms with van der Waals surface area (Å²) in [4.78, 5) is 11.0. The van der Waals surface area contributed by atoms with Crippen LogP contribution in [0.25, 0.3) is 0 Å². The lowest BCUT2D eigenvalue weighted by Crippen LogP contribution is -2.21. The van der Waals surface area contributed by atoms with Gasteiger partial charge in [-0.25, -0.2) is 4.39 Å². The van der Waals surface area contributed by atoms with Crippen molar-refractivity contribution in [1.29, 1.82) is 0 Å². The average molecular weight is 275 g/mol. The molecule has 0 aliphatic heterocycles. The third-order valence-corrected chi connectivity index (χ3v) is 1.92. The first-order valence-corrected chi connectivity index (χ1v) is 5.07. The fourth-order valence-electron chi connectivity index (χ4n) is 1.22. The number of rotatable bonds is 2. The van der Waals surface area contributed by atoms with Crippen LogP contribution in [0.3, 0.4) is 0 Å². The van der Waals surface area contributed by atoms with E-state index in [0.717, 1.165) is 6.07 Å². The van der Waals surface area contributed by atoms with E-state index in [0.29, 0.717) is 0 Å². The summed E-state index contributed by atoms with van der Waals surface area (Å²) < 4.78 is 49.1. The minimum absolute atomic E-state index is 0.0251. The number of benzene rings is 1. The molecule has 1 aromatic rings. The van der Waals surface area contributed by atoms with E-state index in [2.05, 4.69) is 11.8 Å². The SMILES string of the molecule is O=C(CC(F)(F)F)Nc1ccc(C#CCO)c(F)c1. The molecule has 0 saturated carbocycles. The van der Waals surface area contributed by atoms with Gasteiger partial charge in [-0.1, -0.05) is 11.8 Å². The number of carbonyl (C=O) groups is 1. The molecule has 2 N–H and O–H groups in total. The van der Waals surface area contributed by atoms with E-state index in [-0.39, 0.29) is 11.3 Å². The van der Waals surface area contributed by atoms with E-state index in [4.69, 9.17) is 5.11 Å². The molecule has 0 aliphatic rings. The van der Waals surface area contributed by atoms with Crippen LogP contribution >= 0.6 is 0 Å². The number of anilines is 1. The molecule has 0 bridgehead atoms. The van der Waals surface area contributed by atoms with Gasteiger partial charge in [-0.3, -0.25) is 4.79 Å². The zero-order chi connectivity index (χ0) is 14.5. The van der Waals surface area contributed by atoms with Crippen molar-refractivity contribution < 1.29 is 27.5 Å². The molecular formula is C12H9F4NO2. The second kappa shape index (κ2) is 6.20. The number of aliphatic hydroxyl groups is 1. The minimum atomic E-state index is -4.62. The summed E-state index contributed by atoms with van der Waals surface area (Å²) in [6.07, 6.45) is -6.25. The number of alkyl halides is 3. The molecule has 1 rings (SSSR count). The summed E-state index contributed by atoms with van der Waals surface area (Å²) >= 11 is 0. The van der Waals surface area contributed by atoms with Crippen LogP contribution < -0.4 is 5.32 Å². The molecule has 7 heteroatoms. The first kappa shape index (κ1) is 15.0. The van der Waals surface area contributed by atoms with Crippen LogP contribution in [-0.2, 0) is 4.79 Å². The highest BCUT2D eigenvalue weighted by Crippen LogP contribution is 2.21. The van der Waals surface area contributed by atoms with Crippen LogP contribution in [-0.4, -0.2) is 23.8 Å². The molecule has 0 aromatic heterocycles. The fourth-order valence-corrected chi connectivity index (χ4v) is 1.22. The Morgan fingerprint density at radius 2 is 2.05 bits per heavy atom. The van der Waals surface area contributed by atoms with Crippen LogP contribution in [0.4, 0.5) is 23.2 Å². The molecule has 0 unspecified atom stereocenters. The van der Waals surface area contributed by atoms with Crippen molar-refractivity contribution in [3.8, 4) is 11.8 Å². The summed E-state index contributed by atoms with van der Waals surface area (Å²) in [7, 11) is 0. The van der Waals surface area contributed by atoms with Gasteiger partial charge in [0.1, 0.15) is 18.8 Å². The number of amides is 1. The van der Waals surface area contributed by atoms with Gasteiger partial charge < -0.3 is 10.4 Å². The third-order valence-electron chi connectivity index (χ3n) is 1.92. The van der Waals surface area contributed by atoms with Crippen LogP contribution in [0.5, 0.6) is 0 Å². The Hall–Kier alpha value is -2.07. The third kappa shape index (κ3) is 5.40. The van der Waals surface area contributed by atoms with E-state index < -0.39 is 30.9 Å². The van der Waals surface area contributed by atoms with Crippen molar-refractivity contribution in [3.05, 3.63) is 29.6 Å². The van der Waals surface area contributed by atoms with E-state index in [1.165, 1.54) is 12.1 Å². The molecule has 0 saturated heterocycles. The Bertz CT molecular complexity index is 529. The fraction of sp³-hybridized carbons (Fsp3) is 0.250. The maximum Gasteiger partial charge on any atom is 0.397 e. The van der Waals surface area contributed by atoms with Gasteiger partial charge >= 0.3 is 6.18 Å². The second-order valence-electron chi connectivity index (χ2n) is 3.49. The zero-order valence-corrected chi connectivity index (χ0v) is 9.51.